The van der Waals surface area contributed by atoms with E-state index in [-0.39, 0.29) is 28.3 Å². The van der Waals surface area contributed by atoms with Crippen LogP contribution in [0.3, 0.4) is 0 Å². The quantitative estimate of drug-likeness (QED) is 0.575. The van der Waals surface area contributed by atoms with Crippen molar-refractivity contribution in [3.63, 3.8) is 0 Å². The topological polar surface area (TPSA) is 69.6 Å². The first-order valence-electron chi connectivity index (χ1n) is 5.22. The van der Waals surface area contributed by atoms with Gasteiger partial charge >= 0.3 is 0 Å². The van der Waals surface area contributed by atoms with Crippen molar-refractivity contribution in [3.8, 4) is 11.5 Å². The van der Waals surface area contributed by atoms with Gasteiger partial charge in [0, 0.05) is 5.56 Å². The van der Waals surface area contributed by atoms with Crippen molar-refractivity contribution in [2.24, 2.45) is 0 Å². The van der Waals surface area contributed by atoms with E-state index in [0.29, 0.717) is 0 Å². The second-order valence-corrected chi connectivity index (χ2v) is 5.15. The Labute approximate surface area is 105 Å². The third-order valence-corrected chi connectivity index (χ3v) is 3.21. The Morgan fingerprint density at radius 3 is 2.41 bits per heavy atom. The largest absolute Gasteiger partial charge is 0.504 e. The van der Waals surface area contributed by atoms with Gasteiger partial charge in [0.2, 0.25) is 0 Å². The normalized spacial score (nSPS) is 13.2. The Morgan fingerprint density at radius 2 is 1.94 bits per heavy atom. The summed E-state index contributed by atoms with van der Waals surface area (Å²) >= 11 is 5.95. The number of halogens is 1. The number of phenolic OH excluding ortho intramolecular Hbond substituents is 2. The summed E-state index contributed by atoms with van der Waals surface area (Å²) in [5, 5.41) is 21.0. The molecule has 0 aliphatic rings. The Morgan fingerprint density at radius 1 is 1.35 bits per heavy atom. The van der Waals surface area contributed by atoms with Crippen LogP contribution < -0.4 is 5.32 Å². The number of amides is 1. The highest BCUT2D eigenvalue weighted by Gasteiger charge is 2.26. The number of rotatable bonds is 3. The lowest BCUT2D eigenvalue weighted by Gasteiger charge is -2.29. The number of hydrogen-bond donors (Lipinski definition) is 3. The number of carbonyl (C=O) groups excluding carboxylic acids is 1. The summed E-state index contributed by atoms with van der Waals surface area (Å²) in [7, 11) is 0. The molecular formula is C12H16ClNO3. The number of nitrogens with one attached hydrogen (secondary N) is 1. The fourth-order valence-corrected chi connectivity index (χ4v) is 1.18. The molecule has 3 N–H and O–H groups in total. The van der Waals surface area contributed by atoms with Gasteiger partial charge in [0.1, 0.15) is 0 Å². The van der Waals surface area contributed by atoms with E-state index in [0.717, 1.165) is 0 Å². The average molecular weight is 258 g/mol. The number of hydrogen-bond acceptors (Lipinski definition) is 3. The van der Waals surface area contributed by atoms with Gasteiger partial charge in [0.25, 0.3) is 5.91 Å². The summed E-state index contributed by atoms with van der Waals surface area (Å²) in [5.74, 6) is -0.932. The van der Waals surface area contributed by atoms with Gasteiger partial charge < -0.3 is 15.5 Å². The smallest absolute Gasteiger partial charge is 0.251 e. The highest BCUT2D eigenvalue weighted by molar-refractivity contribution is 6.21. The fourth-order valence-electron chi connectivity index (χ4n) is 1.13. The molecule has 0 aliphatic heterocycles. The number of phenols is 2. The van der Waals surface area contributed by atoms with Gasteiger partial charge in [-0.2, -0.15) is 0 Å². The highest BCUT2D eigenvalue weighted by atomic mass is 35.5. The molecule has 1 atom stereocenters. The first kappa shape index (κ1) is 13.6. The second kappa shape index (κ2) is 4.84. The van der Waals surface area contributed by atoms with Crippen LogP contribution in [0, 0.1) is 0 Å². The van der Waals surface area contributed by atoms with Crippen LogP contribution in [0.15, 0.2) is 18.2 Å². The average Bonchev–Trinajstić information content (AvgIpc) is 2.21. The van der Waals surface area contributed by atoms with Crippen LogP contribution in [0.1, 0.15) is 31.1 Å². The molecule has 0 saturated carbocycles. The Bertz CT molecular complexity index is 430. The maximum atomic E-state index is 11.9. The maximum absolute atomic E-state index is 11.9. The Hall–Kier alpha value is -1.42. The molecule has 0 aromatic heterocycles. The van der Waals surface area contributed by atoms with Crippen molar-refractivity contribution in [1.29, 1.82) is 0 Å². The van der Waals surface area contributed by atoms with E-state index in [1.54, 1.807) is 6.92 Å². The molecule has 1 rings (SSSR count). The lowest BCUT2D eigenvalue weighted by molar-refractivity contribution is 0.0912. The molecular weight excluding hydrogens is 242 g/mol. The molecule has 5 heteroatoms. The van der Waals surface area contributed by atoms with Crippen LogP contribution in [0.25, 0.3) is 0 Å². The molecule has 0 heterocycles. The van der Waals surface area contributed by atoms with Crippen molar-refractivity contribution in [2.75, 3.05) is 0 Å². The van der Waals surface area contributed by atoms with Crippen LogP contribution in [0.5, 0.6) is 11.5 Å². The summed E-state index contributed by atoms with van der Waals surface area (Å²) in [6.07, 6.45) is 0. The van der Waals surface area contributed by atoms with Gasteiger partial charge in [-0.3, -0.25) is 4.79 Å². The molecule has 0 bridgehead atoms. The van der Waals surface area contributed by atoms with Crippen LogP contribution in [-0.2, 0) is 0 Å². The standard InChI is InChI=1S/C12H16ClNO3/c1-7(13)12(2,3)14-11(17)8-4-5-9(15)10(16)6-8/h4-7,15-16H,1-3H3,(H,14,17). The highest BCUT2D eigenvalue weighted by Crippen LogP contribution is 2.25. The van der Waals surface area contributed by atoms with Crippen molar-refractivity contribution >= 4 is 17.5 Å². The van der Waals surface area contributed by atoms with Gasteiger partial charge in [-0.05, 0) is 39.0 Å². The van der Waals surface area contributed by atoms with E-state index in [2.05, 4.69) is 5.32 Å². The van der Waals surface area contributed by atoms with Gasteiger partial charge in [0.15, 0.2) is 11.5 Å². The molecule has 4 nitrogen and oxygen atoms in total. The van der Waals surface area contributed by atoms with E-state index >= 15 is 0 Å². The Kier molecular flexibility index (Phi) is 3.88. The zero-order valence-corrected chi connectivity index (χ0v) is 10.7. The van der Waals surface area contributed by atoms with E-state index in [1.165, 1.54) is 18.2 Å². The zero-order valence-electron chi connectivity index (χ0n) is 9.99. The van der Waals surface area contributed by atoms with Gasteiger partial charge in [-0.15, -0.1) is 11.6 Å². The van der Waals surface area contributed by atoms with Gasteiger partial charge in [-0.1, -0.05) is 0 Å². The summed E-state index contributed by atoms with van der Waals surface area (Å²) in [5.41, 5.74) is -0.294. The first-order valence-corrected chi connectivity index (χ1v) is 5.66. The van der Waals surface area contributed by atoms with E-state index in [1.807, 2.05) is 13.8 Å². The minimum Gasteiger partial charge on any atom is -0.504 e. The minimum absolute atomic E-state index is 0.239. The third-order valence-electron chi connectivity index (χ3n) is 2.67. The molecule has 94 valence electrons. The second-order valence-electron chi connectivity index (χ2n) is 4.50. The summed E-state index contributed by atoms with van der Waals surface area (Å²) < 4.78 is 0. The zero-order chi connectivity index (χ0) is 13.2. The lowest BCUT2D eigenvalue weighted by Crippen LogP contribution is -2.49. The van der Waals surface area contributed by atoms with Crippen LogP contribution in [0.4, 0.5) is 0 Å². The van der Waals surface area contributed by atoms with Gasteiger partial charge in [-0.25, -0.2) is 0 Å². The van der Waals surface area contributed by atoms with E-state index in [4.69, 9.17) is 16.7 Å². The first-order chi connectivity index (χ1) is 7.74. The van der Waals surface area contributed by atoms with Crippen molar-refractivity contribution < 1.29 is 15.0 Å². The fraction of sp³-hybridized carbons (Fsp3) is 0.417. The SMILES string of the molecule is CC(Cl)C(C)(C)NC(=O)c1ccc(O)c(O)c1. The maximum Gasteiger partial charge on any atom is 0.251 e. The van der Waals surface area contributed by atoms with Crippen LogP contribution in [0.2, 0.25) is 0 Å². The van der Waals surface area contributed by atoms with E-state index in [9.17, 15) is 9.90 Å². The number of benzene rings is 1. The summed E-state index contributed by atoms with van der Waals surface area (Å²) in [6, 6.07) is 3.90. The predicted molar refractivity (Wildman–Crippen MR) is 66.6 cm³/mol. The van der Waals surface area contributed by atoms with Crippen molar-refractivity contribution in [2.45, 2.75) is 31.7 Å². The molecule has 0 aliphatic carbocycles. The molecule has 1 aromatic carbocycles. The van der Waals surface area contributed by atoms with Gasteiger partial charge in [0.05, 0.1) is 10.9 Å². The minimum atomic E-state index is -0.563. The number of alkyl halides is 1. The number of carbonyl (C=O) groups is 1. The van der Waals surface area contributed by atoms with Crippen molar-refractivity contribution in [3.05, 3.63) is 23.8 Å². The molecule has 1 aromatic rings. The van der Waals surface area contributed by atoms with E-state index < -0.39 is 5.54 Å². The summed E-state index contributed by atoms with van der Waals surface area (Å²) in [4.78, 5) is 11.9. The molecule has 0 saturated heterocycles. The van der Waals surface area contributed by atoms with Crippen molar-refractivity contribution in [1.82, 2.24) is 5.32 Å². The molecule has 0 spiro atoms. The number of aromatic hydroxyl groups is 2. The molecule has 0 fully saturated rings. The molecule has 0 radical (unpaired) electrons. The molecule has 1 amide bonds. The third kappa shape index (κ3) is 3.27. The van der Waals surface area contributed by atoms with Crippen LogP contribution >= 0.6 is 11.6 Å². The predicted octanol–water partition coefficient (Wildman–Crippen LogP) is 2.23. The summed E-state index contributed by atoms with van der Waals surface area (Å²) in [6.45, 7) is 5.40. The lowest BCUT2D eigenvalue weighted by atomic mass is 10.0. The monoisotopic (exact) mass is 257 g/mol. The molecule has 1 unspecified atom stereocenters. The molecule has 17 heavy (non-hydrogen) atoms. The van der Waals surface area contributed by atoms with Crippen LogP contribution in [-0.4, -0.2) is 27.0 Å². The Balaban J connectivity index is 2.87.